The zero-order valence-corrected chi connectivity index (χ0v) is 17.0. The van der Waals surface area contributed by atoms with E-state index in [0.717, 1.165) is 0 Å². The first kappa shape index (κ1) is 26.6. The Morgan fingerprint density at radius 1 is 0.931 bits per heavy atom. The largest absolute Gasteiger partial charge is 0.481 e. The predicted molar refractivity (Wildman–Crippen MR) is 104 cm³/mol. The molecule has 0 bridgehead atoms. The summed E-state index contributed by atoms with van der Waals surface area (Å²) >= 11 is 3.86. The van der Waals surface area contributed by atoms with E-state index in [9.17, 15) is 29.1 Å². The van der Waals surface area contributed by atoms with Crippen molar-refractivity contribution in [3.8, 4) is 0 Å². The molecule has 12 nitrogen and oxygen atoms in total. The first-order chi connectivity index (χ1) is 13.4. The number of hydrogen-bond acceptors (Lipinski definition) is 8. The minimum absolute atomic E-state index is 0.0213. The smallest absolute Gasteiger partial charge is 0.326 e. The van der Waals surface area contributed by atoms with Crippen LogP contribution >= 0.6 is 12.6 Å². The minimum atomic E-state index is -1.51. The number of carboxylic acid groups (broad SMARTS) is 2. The van der Waals surface area contributed by atoms with Gasteiger partial charge in [-0.2, -0.15) is 12.6 Å². The monoisotopic (exact) mass is 436 g/mol. The van der Waals surface area contributed by atoms with Gasteiger partial charge in [-0.15, -0.1) is 0 Å². The van der Waals surface area contributed by atoms with Crippen molar-refractivity contribution in [3.63, 3.8) is 0 Å². The van der Waals surface area contributed by atoms with E-state index in [1.807, 2.05) is 0 Å². The lowest BCUT2D eigenvalue weighted by Crippen LogP contribution is -2.58. The first-order valence-corrected chi connectivity index (χ1v) is 9.40. The topological polar surface area (TPSA) is 208 Å². The number of amides is 3. The number of nitrogens with one attached hydrogen (secondary N) is 3. The molecule has 0 aliphatic heterocycles. The van der Waals surface area contributed by atoms with Gasteiger partial charge in [0, 0.05) is 12.2 Å². The van der Waals surface area contributed by atoms with Gasteiger partial charge in [0.1, 0.15) is 18.1 Å². The summed E-state index contributed by atoms with van der Waals surface area (Å²) in [4.78, 5) is 58.6. The highest BCUT2D eigenvalue weighted by Crippen LogP contribution is 2.04. The van der Waals surface area contributed by atoms with Crippen molar-refractivity contribution in [1.82, 2.24) is 16.0 Å². The second-order valence-corrected chi connectivity index (χ2v) is 6.96. The molecule has 0 heterocycles. The number of carboxylic acids is 2. The summed E-state index contributed by atoms with van der Waals surface area (Å²) in [6.07, 6.45) is -0.755. The molecular weight excluding hydrogens is 408 g/mol. The van der Waals surface area contributed by atoms with Crippen LogP contribution in [0.4, 0.5) is 0 Å². The van der Waals surface area contributed by atoms with Crippen LogP contribution < -0.4 is 21.7 Å². The Morgan fingerprint density at radius 2 is 1.45 bits per heavy atom. The van der Waals surface area contributed by atoms with Gasteiger partial charge in [-0.05, 0) is 12.3 Å². The van der Waals surface area contributed by atoms with Crippen LogP contribution in [-0.2, 0) is 24.0 Å². The summed E-state index contributed by atoms with van der Waals surface area (Å²) in [5, 5.41) is 34.0. The molecule has 0 saturated carbocycles. The number of aliphatic hydroxyl groups excluding tert-OH is 1. The molecule has 0 aliphatic carbocycles. The van der Waals surface area contributed by atoms with E-state index < -0.39 is 72.8 Å². The third-order valence-electron chi connectivity index (χ3n) is 3.86. The average molecular weight is 436 g/mol. The molecule has 0 aromatic rings. The quantitative estimate of drug-likeness (QED) is 0.141. The minimum Gasteiger partial charge on any atom is -0.481 e. The van der Waals surface area contributed by atoms with Gasteiger partial charge in [-0.25, -0.2) is 4.79 Å². The van der Waals surface area contributed by atoms with E-state index in [4.69, 9.17) is 15.9 Å². The highest BCUT2D eigenvalue weighted by Gasteiger charge is 2.31. The third-order valence-corrected chi connectivity index (χ3v) is 4.25. The van der Waals surface area contributed by atoms with Crippen LogP contribution in [0.3, 0.4) is 0 Å². The maximum Gasteiger partial charge on any atom is 0.326 e. The molecule has 0 radical (unpaired) electrons. The number of nitrogens with two attached hydrogens (primary N) is 1. The number of thiol groups is 1. The van der Waals surface area contributed by atoms with Crippen LogP contribution in [0.1, 0.15) is 26.7 Å². The summed E-state index contributed by atoms with van der Waals surface area (Å²) in [5.41, 5.74) is 5.51. The number of carbonyl (C=O) groups excluding carboxylic acids is 3. The number of hydrogen-bond donors (Lipinski definition) is 8. The van der Waals surface area contributed by atoms with Crippen LogP contribution in [0.5, 0.6) is 0 Å². The second-order valence-electron chi connectivity index (χ2n) is 6.59. The van der Waals surface area contributed by atoms with Gasteiger partial charge in [0.05, 0.1) is 12.6 Å². The van der Waals surface area contributed by atoms with Crippen LogP contribution in [0.2, 0.25) is 0 Å². The van der Waals surface area contributed by atoms with E-state index >= 15 is 0 Å². The summed E-state index contributed by atoms with van der Waals surface area (Å²) in [7, 11) is 0. The zero-order chi connectivity index (χ0) is 22.7. The van der Waals surface area contributed by atoms with Crippen LogP contribution in [-0.4, -0.2) is 81.5 Å². The van der Waals surface area contributed by atoms with Gasteiger partial charge < -0.3 is 37.0 Å². The highest BCUT2D eigenvalue weighted by molar-refractivity contribution is 7.80. The van der Waals surface area contributed by atoms with E-state index in [0.29, 0.717) is 0 Å². The molecule has 0 spiro atoms. The fourth-order valence-corrected chi connectivity index (χ4v) is 2.30. The molecule has 8 N–H and O–H groups in total. The van der Waals surface area contributed by atoms with E-state index in [1.54, 1.807) is 13.8 Å². The molecule has 0 rings (SSSR count). The number of rotatable bonds is 13. The van der Waals surface area contributed by atoms with E-state index in [1.165, 1.54) is 0 Å². The fraction of sp³-hybridized carbons (Fsp3) is 0.688. The zero-order valence-electron chi connectivity index (χ0n) is 16.1. The van der Waals surface area contributed by atoms with Gasteiger partial charge in [0.2, 0.25) is 17.7 Å². The molecular formula is C16H28N4O8S. The number of aliphatic hydroxyl groups is 1. The van der Waals surface area contributed by atoms with Crippen LogP contribution in [0.15, 0.2) is 0 Å². The molecule has 0 fully saturated rings. The Balaban J connectivity index is 5.24. The van der Waals surface area contributed by atoms with Gasteiger partial charge in [0.25, 0.3) is 0 Å². The van der Waals surface area contributed by atoms with Crippen LogP contribution in [0.25, 0.3) is 0 Å². The normalized spacial score (nSPS) is 15.0. The fourth-order valence-electron chi connectivity index (χ4n) is 2.13. The maximum atomic E-state index is 12.4. The van der Waals surface area contributed by atoms with Gasteiger partial charge in [-0.1, -0.05) is 13.8 Å². The summed E-state index contributed by atoms with van der Waals surface area (Å²) < 4.78 is 0. The van der Waals surface area contributed by atoms with Crippen molar-refractivity contribution >= 4 is 42.3 Å². The molecule has 0 aliphatic rings. The lowest BCUT2D eigenvalue weighted by atomic mass is 10.0. The van der Waals surface area contributed by atoms with Crippen molar-refractivity contribution in [3.05, 3.63) is 0 Å². The Labute approximate surface area is 173 Å². The Bertz CT molecular complexity index is 616. The summed E-state index contributed by atoms with van der Waals surface area (Å²) in [6, 6.07) is -5.14. The first-order valence-electron chi connectivity index (χ1n) is 8.77. The van der Waals surface area contributed by atoms with Crippen molar-refractivity contribution < 1.29 is 39.3 Å². The molecule has 166 valence electrons. The number of aliphatic carboxylic acids is 2. The van der Waals surface area contributed by atoms with Crippen LogP contribution in [0, 0.1) is 5.92 Å². The molecule has 29 heavy (non-hydrogen) atoms. The molecule has 4 atom stereocenters. The average Bonchev–Trinajstić information content (AvgIpc) is 2.65. The van der Waals surface area contributed by atoms with Gasteiger partial charge >= 0.3 is 11.9 Å². The molecule has 4 unspecified atom stereocenters. The van der Waals surface area contributed by atoms with Crippen molar-refractivity contribution in [2.24, 2.45) is 11.7 Å². The lowest BCUT2D eigenvalue weighted by molar-refractivity contribution is -0.143. The van der Waals surface area contributed by atoms with Gasteiger partial charge in [0.15, 0.2) is 0 Å². The second kappa shape index (κ2) is 13.0. The standard InChI is InChI=1S/C16H28N4O8S/c1-7(2)12(16(27)28)20-15(26)10(5-21)19-14(25)9(3-4-11(22)23)18-13(24)8(17)6-29/h7-10,12,21,29H,3-6,17H2,1-2H3,(H,18,24)(H,19,25)(H,20,26)(H,22,23)(H,27,28). The summed E-state index contributed by atoms with van der Waals surface area (Å²) in [5.74, 6) is -5.61. The number of carbonyl (C=O) groups is 5. The lowest BCUT2D eigenvalue weighted by Gasteiger charge is -2.24. The van der Waals surface area contributed by atoms with Crippen molar-refractivity contribution in [2.45, 2.75) is 50.9 Å². The molecule has 0 aromatic carbocycles. The molecule has 3 amide bonds. The Kier molecular flexibility index (Phi) is 11.9. The van der Waals surface area contributed by atoms with E-state index in [2.05, 4.69) is 28.6 Å². The van der Waals surface area contributed by atoms with Crippen molar-refractivity contribution in [2.75, 3.05) is 12.4 Å². The third kappa shape index (κ3) is 9.58. The van der Waals surface area contributed by atoms with Crippen molar-refractivity contribution in [1.29, 1.82) is 0 Å². The highest BCUT2D eigenvalue weighted by atomic mass is 32.1. The predicted octanol–water partition coefficient (Wildman–Crippen LogP) is -2.70. The Morgan fingerprint density at radius 3 is 1.86 bits per heavy atom. The molecule has 13 heteroatoms. The summed E-state index contributed by atoms with van der Waals surface area (Å²) in [6.45, 7) is 2.28. The molecule has 0 aromatic heterocycles. The van der Waals surface area contributed by atoms with Gasteiger partial charge in [-0.3, -0.25) is 19.2 Å². The Hall–Kier alpha value is -2.38. The maximum absolute atomic E-state index is 12.4. The molecule has 0 saturated heterocycles. The SMILES string of the molecule is CC(C)C(NC(=O)C(CO)NC(=O)C(CCC(=O)O)NC(=O)C(N)CS)C(=O)O. The van der Waals surface area contributed by atoms with E-state index in [-0.39, 0.29) is 12.2 Å².